The predicted molar refractivity (Wildman–Crippen MR) is 78.3 cm³/mol. The molecule has 17 heavy (non-hydrogen) atoms. The van der Waals surface area contributed by atoms with Gasteiger partial charge in [-0.15, -0.1) is 0 Å². The quantitative estimate of drug-likeness (QED) is 0.502. The third kappa shape index (κ3) is 2.66. The average Bonchev–Trinajstić information content (AvgIpc) is 2.95. The van der Waals surface area contributed by atoms with Crippen LogP contribution in [-0.4, -0.2) is 6.04 Å². The van der Waals surface area contributed by atoms with Gasteiger partial charge in [-0.05, 0) is 83.7 Å². The number of nitrogens with one attached hydrogen (secondary N) is 1. The van der Waals surface area contributed by atoms with Crippen LogP contribution in [0.4, 0.5) is 0 Å². The summed E-state index contributed by atoms with van der Waals surface area (Å²) in [5.41, 5.74) is 4.44. The van der Waals surface area contributed by atoms with Gasteiger partial charge in [-0.2, -0.15) is 0 Å². The maximum Gasteiger partial charge on any atom is 0.0279 e. The fourth-order valence-electron chi connectivity index (χ4n) is 3.33. The van der Waals surface area contributed by atoms with Gasteiger partial charge in [0.2, 0.25) is 0 Å². The maximum absolute atomic E-state index is 5.74. The lowest BCUT2D eigenvalue weighted by atomic mass is 9.90. The van der Waals surface area contributed by atoms with Crippen molar-refractivity contribution in [3.05, 3.63) is 33.4 Å². The highest BCUT2D eigenvalue weighted by Crippen LogP contribution is 2.55. The Bertz CT molecular complexity index is 380. The van der Waals surface area contributed by atoms with E-state index >= 15 is 0 Å². The Labute approximate surface area is 116 Å². The molecule has 0 spiro atoms. The van der Waals surface area contributed by atoms with Gasteiger partial charge in [-0.25, -0.2) is 0 Å². The molecule has 3 heteroatoms. The third-order valence-corrected chi connectivity index (χ3v) is 5.15. The van der Waals surface area contributed by atoms with Gasteiger partial charge < -0.3 is 0 Å². The van der Waals surface area contributed by atoms with Crippen molar-refractivity contribution < 1.29 is 0 Å². The molecule has 0 heterocycles. The fourth-order valence-corrected chi connectivity index (χ4v) is 3.69. The minimum atomic E-state index is 0.461. The number of rotatable bonds is 4. The molecule has 0 saturated heterocycles. The van der Waals surface area contributed by atoms with Crippen LogP contribution < -0.4 is 11.3 Å². The van der Waals surface area contributed by atoms with Gasteiger partial charge >= 0.3 is 0 Å². The smallest absolute Gasteiger partial charge is 0.0279 e. The van der Waals surface area contributed by atoms with Crippen LogP contribution in [0.2, 0.25) is 0 Å². The number of nitrogens with two attached hydrogens (primary N) is 1. The molecule has 0 aliphatic heterocycles. The number of fused-ring (bicyclic) bond motifs is 1. The molecule has 1 aromatic carbocycles. The van der Waals surface area contributed by atoms with Gasteiger partial charge in [0.05, 0.1) is 0 Å². The Morgan fingerprint density at radius 3 is 2.41 bits per heavy atom. The summed E-state index contributed by atoms with van der Waals surface area (Å²) in [6.45, 7) is 0. The predicted octanol–water partition coefficient (Wildman–Crippen LogP) is 2.71. The molecule has 92 valence electrons. The highest BCUT2D eigenvalue weighted by atomic mass is 127. The molecular formula is C14H19IN2. The summed E-state index contributed by atoms with van der Waals surface area (Å²) in [4.78, 5) is 0. The van der Waals surface area contributed by atoms with Crippen molar-refractivity contribution in [1.29, 1.82) is 0 Å². The van der Waals surface area contributed by atoms with Gasteiger partial charge in [-0.1, -0.05) is 12.1 Å². The second-order valence-electron chi connectivity index (χ2n) is 5.59. The summed E-state index contributed by atoms with van der Waals surface area (Å²) < 4.78 is 1.30. The molecule has 0 radical (unpaired) electrons. The Balaban J connectivity index is 1.63. The van der Waals surface area contributed by atoms with Crippen LogP contribution in [-0.2, 0) is 6.42 Å². The first-order valence-electron chi connectivity index (χ1n) is 6.47. The summed E-state index contributed by atoms with van der Waals surface area (Å²) in [6.07, 6.45) is 5.34. The van der Waals surface area contributed by atoms with Crippen molar-refractivity contribution in [3.8, 4) is 0 Å². The van der Waals surface area contributed by atoms with E-state index in [4.69, 9.17) is 5.84 Å². The number of halogens is 1. The second kappa shape index (κ2) is 4.86. The minimum absolute atomic E-state index is 0.461. The maximum atomic E-state index is 5.74. The van der Waals surface area contributed by atoms with Crippen LogP contribution in [0, 0.1) is 21.3 Å². The van der Waals surface area contributed by atoms with Crippen LogP contribution in [0.5, 0.6) is 0 Å². The number of hydrogen-bond acceptors (Lipinski definition) is 2. The molecule has 3 N–H and O–H groups in total. The standard InChI is InChI=1S/C14H19IN2/c15-13-3-1-9(2-4-13)5-14(17-16)12-7-10-6-11(10)8-12/h1-4,10-12,14,17H,5-8,16H2. The van der Waals surface area contributed by atoms with E-state index in [0.29, 0.717) is 6.04 Å². The molecule has 3 unspecified atom stereocenters. The van der Waals surface area contributed by atoms with E-state index < -0.39 is 0 Å². The molecule has 2 aliphatic carbocycles. The summed E-state index contributed by atoms with van der Waals surface area (Å²) in [7, 11) is 0. The molecule has 1 aromatic rings. The minimum Gasteiger partial charge on any atom is -0.271 e. The lowest BCUT2D eigenvalue weighted by molar-refractivity contribution is 0.336. The summed E-state index contributed by atoms with van der Waals surface area (Å²) >= 11 is 2.35. The molecular weight excluding hydrogens is 323 g/mol. The zero-order valence-electron chi connectivity index (χ0n) is 9.90. The Kier molecular flexibility index (Phi) is 3.41. The van der Waals surface area contributed by atoms with Crippen molar-refractivity contribution in [1.82, 2.24) is 5.43 Å². The largest absolute Gasteiger partial charge is 0.271 e. The molecule has 3 rings (SSSR count). The molecule has 2 saturated carbocycles. The molecule has 2 aliphatic rings. The summed E-state index contributed by atoms with van der Waals surface area (Å²) in [5.74, 6) is 8.60. The molecule has 2 fully saturated rings. The average molecular weight is 342 g/mol. The van der Waals surface area contributed by atoms with Gasteiger partial charge in [0, 0.05) is 9.61 Å². The van der Waals surface area contributed by atoms with Gasteiger partial charge in [0.1, 0.15) is 0 Å². The summed E-state index contributed by atoms with van der Waals surface area (Å²) in [6, 6.07) is 9.26. The third-order valence-electron chi connectivity index (χ3n) is 4.43. The first-order chi connectivity index (χ1) is 8.26. The van der Waals surface area contributed by atoms with Crippen molar-refractivity contribution in [3.63, 3.8) is 0 Å². The first kappa shape index (κ1) is 11.9. The van der Waals surface area contributed by atoms with Gasteiger partial charge in [0.25, 0.3) is 0 Å². The number of hydrazine groups is 1. The molecule has 0 amide bonds. The zero-order chi connectivity index (χ0) is 11.8. The zero-order valence-corrected chi connectivity index (χ0v) is 12.1. The lowest BCUT2D eigenvalue weighted by Crippen LogP contribution is -2.42. The Morgan fingerprint density at radius 1 is 1.18 bits per heavy atom. The van der Waals surface area contributed by atoms with E-state index in [2.05, 4.69) is 52.3 Å². The molecule has 3 atom stereocenters. The van der Waals surface area contributed by atoms with E-state index in [1.165, 1.54) is 28.4 Å². The van der Waals surface area contributed by atoms with Gasteiger partial charge in [-0.3, -0.25) is 11.3 Å². The van der Waals surface area contributed by atoms with E-state index in [-0.39, 0.29) is 0 Å². The van der Waals surface area contributed by atoms with Crippen LogP contribution in [0.1, 0.15) is 24.8 Å². The van der Waals surface area contributed by atoms with Crippen LogP contribution in [0.25, 0.3) is 0 Å². The fraction of sp³-hybridized carbons (Fsp3) is 0.571. The van der Waals surface area contributed by atoms with Crippen LogP contribution in [0.15, 0.2) is 24.3 Å². The monoisotopic (exact) mass is 342 g/mol. The van der Waals surface area contributed by atoms with Crippen LogP contribution in [0.3, 0.4) is 0 Å². The van der Waals surface area contributed by atoms with Crippen molar-refractivity contribution in [2.75, 3.05) is 0 Å². The summed E-state index contributed by atoms with van der Waals surface area (Å²) in [5, 5.41) is 0. The topological polar surface area (TPSA) is 38.0 Å². The Morgan fingerprint density at radius 2 is 1.82 bits per heavy atom. The van der Waals surface area contributed by atoms with Crippen LogP contribution >= 0.6 is 22.6 Å². The highest BCUT2D eigenvalue weighted by molar-refractivity contribution is 14.1. The first-order valence-corrected chi connectivity index (χ1v) is 7.54. The highest BCUT2D eigenvalue weighted by Gasteiger charge is 2.47. The second-order valence-corrected chi connectivity index (χ2v) is 6.84. The van der Waals surface area contributed by atoms with E-state index in [9.17, 15) is 0 Å². The molecule has 0 bridgehead atoms. The molecule has 0 aromatic heterocycles. The van der Waals surface area contributed by atoms with Crippen molar-refractivity contribution in [2.45, 2.75) is 31.7 Å². The van der Waals surface area contributed by atoms with E-state index in [1.54, 1.807) is 0 Å². The van der Waals surface area contributed by atoms with E-state index in [0.717, 1.165) is 24.2 Å². The number of hydrogen-bond donors (Lipinski definition) is 2. The van der Waals surface area contributed by atoms with E-state index in [1.807, 2.05) is 0 Å². The number of benzene rings is 1. The molecule has 2 nitrogen and oxygen atoms in total. The lowest BCUT2D eigenvalue weighted by Gasteiger charge is -2.24. The SMILES string of the molecule is NNC(Cc1ccc(I)cc1)C1CC2CC2C1. The van der Waals surface area contributed by atoms with Gasteiger partial charge in [0.15, 0.2) is 0 Å². The Hall–Kier alpha value is -0.130. The van der Waals surface area contributed by atoms with Crippen molar-refractivity contribution >= 4 is 22.6 Å². The van der Waals surface area contributed by atoms with Crippen molar-refractivity contribution in [2.24, 2.45) is 23.6 Å². The normalized spacial score (nSPS) is 32.2.